The Hall–Kier alpha value is -3.36. The largest absolute Gasteiger partial charge is 0.465 e. The Morgan fingerprint density at radius 3 is 2.21 bits per heavy atom. The Labute approximate surface area is 136 Å². The molecule has 2 aromatic rings. The number of ether oxygens (including phenoxy) is 1. The van der Waals surface area contributed by atoms with Crippen LogP contribution in [-0.2, 0) is 4.74 Å². The maximum atomic E-state index is 12.3. The zero-order valence-corrected chi connectivity index (χ0v) is 13.2. The number of nitro benzene ring substituents is 1. The van der Waals surface area contributed by atoms with Crippen LogP contribution in [0.4, 0.5) is 11.6 Å². The second kappa shape index (κ2) is 6.82. The Kier molecular flexibility index (Phi) is 4.83. The van der Waals surface area contributed by atoms with E-state index in [2.05, 4.69) is 20.0 Å². The van der Waals surface area contributed by atoms with Crippen LogP contribution in [0.3, 0.4) is 0 Å². The predicted molar refractivity (Wildman–Crippen MR) is 83.9 cm³/mol. The van der Waals surface area contributed by atoms with Gasteiger partial charge in [0.2, 0.25) is 5.95 Å². The smallest absolute Gasteiger partial charge is 0.338 e. The third kappa shape index (κ3) is 3.88. The van der Waals surface area contributed by atoms with Crippen LogP contribution in [0.5, 0.6) is 0 Å². The third-order valence-corrected chi connectivity index (χ3v) is 3.02. The van der Waals surface area contributed by atoms with E-state index in [9.17, 15) is 19.7 Å². The minimum atomic E-state index is -0.782. The molecule has 9 heteroatoms. The number of nitro groups is 1. The lowest BCUT2D eigenvalue weighted by molar-refractivity contribution is -0.384. The van der Waals surface area contributed by atoms with Crippen molar-refractivity contribution in [3.8, 4) is 0 Å². The van der Waals surface area contributed by atoms with Crippen LogP contribution < -0.4 is 5.32 Å². The fourth-order valence-corrected chi connectivity index (χ4v) is 2.04. The maximum absolute atomic E-state index is 12.3. The summed E-state index contributed by atoms with van der Waals surface area (Å²) in [5.41, 5.74) is 0.745. The van der Waals surface area contributed by atoms with Gasteiger partial charge in [-0.2, -0.15) is 0 Å². The number of carbonyl (C=O) groups is 2. The average Bonchev–Trinajstić information content (AvgIpc) is 2.52. The standard InChI is InChI=1S/C15H14N4O5/c1-8-4-9(2)17-15(16-8)18-13(20)10-5-11(14(21)24-3)7-12(6-10)19(22)23/h4-7H,1-3H3,(H,16,17,18,20). The van der Waals surface area contributed by atoms with Gasteiger partial charge in [0.1, 0.15) is 0 Å². The molecule has 0 saturated carbocycles. The molecule has 1 aromatic carbocycles. The summed E-state index contributed by atoms with van der Waals surface area (Å²) < 4.78 is 4.54. The van der Waals surface area contributed by atoms with Gasteiger partial charge in [-0.05, 0) is 26.0 Å². The first-order chi connectivity index (χ1) is 11.3. The number of benzene rings is 1. The molecule has 0 radical (unpaired) electrons. The van der Waals surface area contributed by atoms with Crippen LogP contribution in [0.1, 0.15) is 32.1 Å². The zero-order chi connectivity index (χ0) is 17.9. The van der Waals surface area contributed by atoms with Crippen molar-refractivity contribution in [1.82, 2.24) is 9.97 Å². The number of non-ortho nitro benzene ring substituents is 1. The van der Waals surface area contributed by atoms with Gasteiger partial charge in [0, 0.05) is 29.1 Å². The number of rotatable bonds is 4. The minimum Gasteiger partial charge on any atom is -0.465 e. The number of nitrogens with zero attached hydrogens (tertiary/aromatic N) is 3. The number of hydrogen-bond acceptors (Lipinski definition) is 7. The van der Waals surface area contributed by atoms with Gasteiger partial charge in [0.05, 0.1) is 17.6 Å². The summed E-state index contributed by atoms with van der Waals surface area (Å²) in [5.74, 6) is -1.38. The molecule has 0 aliphatic rings. The molecule has 0 fully saturated rings. The molecule has 0 spiro atoms. The first-order valence-electron chi connectivity index (χ1n) is 6.81. The molecule has 1 aromatic heterocycles. The number of hydrogen-bond donors (Lipinski definition) is 1. The highest BCUT2D eigenvalue weighted by atomic mass is 16.6. The van der Waals surface area contributed by atoms with Gasteiger partial charge in [-0.15, -0.1) is 0 Å². The van der Waals surface area contributed by atoms with Crippen molar-refractivity contribution in [3.05, 3.63) is 56.9 Å². The van der Waals surface area contributed by atoms with Crippen LogP contribution in [0.25, 0.3) is 0 Å². The monoisotopic (exact) mass is 330 g/mol. The lowest BCUT2D eigenvalue weighted by Crippen LogP contribution is -2.16. The van der Waals surface area contributed by atoms with Gasteiger partial charge >= 0.3 is 5.97 Å². The van der Waals surface area contributed by atoms with Gasteiger partial charge in [0.25, 0.3) is 11.6 Å². The molecular weight excluding hydrogens is 316 g/mol. The van der Waals surface area contributed by atoms with Gasteiger partial charge in [-0.3, -0.25) is 20.2 Å². The molecule has 1 amide bonds. The maximum Gasteiger partial charge on any atom is 0.338 e. The molecule has 9 nitrogen and oxygen atoms in total. The Morgan fingerprint density at radius 1 is 1.08 bits per heavy atom. The summed E-state index contributed by atoms with van der Waals surface area (Å²) in [7, 11) is 1.14. The quantitative estimate of drug-likeness (QED) is 0.516. The SMILES string of the molecule is COC(=O)c1cc(C(=O)Nc2nc(C)cc(C)n2)cc([N+](=O)[O-])c1. The van der Waals surface area contributed by atoms with Gasteiger partial charge in [0.15, 0.2) is 0 Å². The van der Waals surface area contributed by atoms with Crippen LogP contribution in [0, 0.1) is 24.0 Å². The van der Waals surface area contributed by atoms with Crippen LogP contribution in [0.15, 0.2) is 24.3 Å². The van der Waals surface area contributed by atoms with E-state index in [0.717, 1.165) is 19.2 Å². The van der Waals surface area contributed by atoms with Crippen molar-refractivity contribution in [2.24, 2.45) is 0 Å². The zero-order valence-electron chi connectivity index (χ0n) is 13.2. The molecular formula is C15H14N4O5. The second-order valence-corrected chi connectivity index (χ2v) is 4.95. The van der Waals surface area contributed by atoms with Crippen molar-refractivity contribution >= 4 is 23.5 Å². The molecule has 0 saturated heterocycles. The highest BCUT2D eigenvalue weighted by Gasteiger charge is 2.19. The van der Waals surface area contributed by atoms with Gasteiger partial charge < -0.3 is 4.74 Å². The molecule has 0 aliphatic heterocycles. The van der Waals surface area contributed by atoms with E-state index in [4.69, 9.17) is 0 Å². The molecule has 0 unspecified atom stereocenters. The van der Waals surface area contributed by atoms with Gasteiger partial charge in [-0.25, -0.2) is 14.8 Å². The number of esters is 1. The minimum absolute atomic E-state index is 0.0728. The van der Waals surface area contributed by atoms with Crippen molar-refractivity contribution in [2.75, 3.05) is 12.4 Å². The average molecular weight is 330 g/mol. The number of amides is 1. The van der Waals surface area contributed by atoms with E-state index in [1.54, 1.807) is 19.9 Å². The molecule has 0 bridgehead atoms. The lowest BCUT2D eigenvalue weighted by Gasteiger charge is -2.07. The fourth-order valence-electron chi connectivity index (χ4n) is 2.04. The number of carbonyl (C=O) groups excluding carboxylic acids is 2. The highest BCUT2D eigenvalue weighted by molar-refractivity contribution is 6.05. The van der Waals surface area contributed by atoms with Gasteiger partial charge in [-0.1, -0.05) is 0 Å². The van der Waals surface area contributed by atoms with E-state index >= 15 is 0 Å². The summed E-state index contributed by atoms with van der Waals surface area (Å²) in [5, 5.41) is 13.4. The Balaban J connectivity index is 2.39. The van der Waals surface area contributed by atoms with E-state index < -0.39 is 22.5 Å². The van der Waals surface area contributed by atoms with Crippen LogP contribution >= 0.6 is 0 Å². The third-order valence-electron chi connectivity index (χ3n) is 3.02. The number of anilines is 1. The first-order valence-corrected chi connectivity index (χ1v) is 6.81. The summed E-state index contributed by atoms with van der Waals surface area (Å²) in [6.45, 7) is 3.49. The Morgan fingerprint density at radius 2 is 1.67 bits per heavy atom. The second-order valence-electron chi connectivity index (χ2n) is 4.95. The molecule has 0 atom stereocenters. The highest BCUT2D eigenvalue weighted by Crippen LogP contribution is 2.19. The van der Waals surface area contributed by atoms with Crippen molar-refractivity contribution in [3.63, 3.8) is 0 Å². The summed E-state index contributed by atoms with van der Waals surface area (Å²) in [6.07, 6.45) is 0. The van der Waals surface area contributed by atoms with Crippen LogP contribution in [-0.4, -0.2) is 33.9 Å². The van der Waals surface area contributed by atoms with Crippen molar-refractivity contribution in [2.45, 2.75) is 13.8 Å². The molecule has 2 rings (SSSR count). The van der Waals surface area contributed by atoms with Crippen LogP contribution in [0.2, 0.25) is 0 Å². The van der Waals surface area contributed by atoms with E-state index in [1.165, 1.54) is 6.07 Å². The molecule has 124 valence electrons. The van der Waals surface area contributed by atoms with Crippen molar-refractivity contribution in [1.29, 1.82) is 0 Å². The van der Waals surface area contributed by atoms with Crippen molar-refractivity contribution < 1.29 is 19.2 Å². The Bertz CT molecular complexity index is 814. The molecule has 1 N–H and O–H groups in total. The topological polar surface area (TPSA) is 124 Å². The fraction of sp³-hybridized carbons (Fsp3) is 0.200. The van der Waals surface area contributed by atoms with E-state index in [1.807, 2.05) is 0 Å². The molecule has 0 aliphatic carbocycles. The summed E-state index contributed by atoms with van der Waals surface area (Å²) >= 11 is 0. The van der Waals surface area contributed by atoms with E-state index in [0.29, 0.717) is 11.4 Å². The van der Waals surface area contributed by atoms with E-state index in [-0.39, 0.29) is 17.1 Å². The normalized spacial score (nSPS) is 10.1. The lowest BCUT2D eigenvalue weighted by atomic mass is 10.1. The number of nitrogens with one attached hydrogen (secondary N) is 1. The summed E-state index contributed by atoms with van der Waals surface area (Å²) in [4.78, 5) is 42.3. The number of aromatic nitrogens is 2. The number of methoxy groups -OCH3 is 1. The number of aryl methyl sites for hydroxylation is 2. The first kappa shape index (κ1) is 17.0. The molecule has 1 heterocycles. The summed E-state index contributed by atoms with van der Waals surface area (Å²) in [6, 6.07) is 5.04. The molecule has 24 heavy (non-hydrogen) atoms. The predicted octanol–water partition coefficient (Wildman–Crippen LogP) is 2.04.